The number of aromatic nitrogens is 1. The Morgan fingerprint density at radius 2 is 1.96 bits per heavy atom. The minimum absolute atomic E-state index is 0.0153. The van der Waals surface area contributed by atoms with Crippen LogP contribution in [0.2, 0.25) is 0 Å². The first-order valence-corrected chi connectivity index (χ1v) is 9.82. The standard InChI is InChI=1S/C19H27N3O4/c23-17-4-2-1-3-8-21(17)13-18(24)22-9-5-16-15(12-22)20-19(26-16)14-6-10-25-11-7-14/h14H,1-13H2. The molecule has 0 radical (unpaired) electrons. The van der Waals surface area contributed by atoms with Crippen molar-refractivity contribution in [1.82, 2.24) is 14.8 Å². The van der Waals surface area contributed by atoms with E-state index in [0.717, 1.165) is 62.7 Å². The normalized spacial score (nSPS) is 22.2. The van der Waals surface area contributed by atoms with Crippen molar-refractivity contribution in [3.05, 3.63) is 17.3 Å². The molecule has 2 saturated heterocycles. The zero-order valence-corrected chi connectivity index (χ0v) is 15.2. The molecule has 2 fully saturated rings. The zero-order chi connectivity index (χ0) is 17.9. The van der Waals surface area contributed by atoms with Crippen molar-refractivity contribution in [3.63, 3.8) is 0 Å². The van der Waals surface area contributed by atoms with Crippen LogP contribution in [0.15, 0.2) is 4.42 Å². The van der Waals surface area contributed by atoms with E-state index in [2.05, 4.69) is 4.98 Å². The van der Waals surface area contributed by atoms with Crippen LogP contribution in [-0.4, -0.2) is 59.4 Å². The Morgan fingerprint density at radius 1 is 1.12 bits per heavy atom. The fraction of sp³-hybridized carbons (Fsp3) is 0.737. The highest BCUT2D eigenvalue weighted by Crippen LogP contribution is 2.30. The van der Waals surface area contributed by atoms with Gasteiger partial charge in [-0.2, -0.15) is 0 Å². The van der Waals surface area contributed by atoms with Gasteiger partial charge >= 0.3 is 0 Å². The quantitative estimate of drug-likeness (QED) is 0.821. The molecule has 1 aromatic heterocycles. The Bertz CT molecular complexity index is 666. The molecule has 4 heterocycles. The van der Waals surface area contributed by atoms with Crippen molar-refractivity contribution >= 4 is 11.8 Å². The van der Waals surface area contributed by atoms with Crippen molar-refractivity contribution in [2.24, 2.45) is 0 Å². The number of likely N-dealkylation sites (tertiary alicyclic amines) is 1. The van der Waals surface area contributed by atoms with Crippen LogP contribution < -0.4 is 0 Å². The summed E-state index contributed by atoms with van der Waals surface area (Å²) < 4.78 is 11.4. The predicted octanol–water partition coefficient (Wildman–Crippen LogP) is 1.86. The molecule has 0 unspecified atom stereocenters. The highest BCUT2D eigenvalue weighted by molar-refractivity contribution is 5.85. The molecule has 0 aliphatic carbocycles. The summed E-state index contributed by atoms with van der Waals surface area (Å²) in [5, 5.41) is 0. The number of oxazole rings is 1. The maximum atomic E-state index is 12.7. The van der Waals surface area contributed by atoms with Crippen LogP contribution in [0.4, 0.5) is 0 Å². The summed E-state index contributed by atoms with van der Waals surface area (Å²) in [5.74, 6) is 2.17. The van der Waals surface area contributed by atoms with Crippen LogP contribution >= 0.6 is 0 Å². The van der Waals surface area contributed by atoms with E-state index in [-0.39, 0.29) is 18.4 Å². The number of amides is 2. The lowest BCUT2D eigenvalue weighted by Gasteiger charge is -2.28. The molecule has 3 aliphatic rings. The maximum Gasteiger partial charge on any atom is 0.242 e. The molecule has 0 N–H and O–H groups in total. The largest absolute Gasteiger partial charge is 0.445 e. The molecule has 0 saturated carbocycles. The fourth-order valence-electron chi connectivity index (χ4n) is 4.02. The molecule has 4 rings (SSSR count). The first kappa shape index (κ1) is 17.5. The lowest BCUT2D eigenvalue weighted by molar-refractivity contribution is -0.140. The number of hydrogen-bond donors (Lipinski definition) is 0. The third kappa shape index (κ3) is 3.77. The van der Waals surface area contributed by atoms with Gasteiger partial charge in [-0.25, -0.2) is 4.98 Å². The van der Waals surface area contributed by atoms with E-state index in [1.54, 1.807) is 4.90 Å². The van der Waals surface area contributed by atoms with E-state index < -0.39 is 0 Å². The van der Waals surface area contributed by atoms with Gasteiger partial charge in [0.15, 0.2) is 5.89 Å². The van der Waals surface area contributed by atoms with Crippen molar-refractivity contribution in [2.45, 2.75) is 57.4 Å². The van der Waals surface area contributed by atoms with Gasteiger partial charge in [-0.3, -0.25) is 9.59 Å². The van der Waals surface area contributed by atoms with E-state index in [4.69, 9.17) is 9.15 Å². The summed E-state index contributed by atoms with van der Waals surface area (Å²) in [6, 6.07) is 0. The molecule has 0 atom stereocenters. The number of fused-ring (bicyclic) bond motifs is 1. The van der Waals surface area contributed by atoms with E-state index in [9.17, 15) is 9.59 Å². The van der Waals surface area contributed by atoms with Crippen molar-refractivity contribution in [2.75, 3.05) is 32.8 Å². The molecular weight excluding hydrogens is 334 g/mol. The predicted molar refractivity (Wildman–Crippen MR) is 93.5 cm³/mol. The van der Waals surface area contributed by atoms with Gasteiger partial charge in [-0.1, -0.05) is 6.42 Å². The van der Waals surface area contributed by atoms with Gasteiger partial charge < -0.3 is 19.0 Å². The molecule has 1 aromatic rings. The average Bonchev–Trinajstić information content (AvgIpc) is 3.00. The Hall–Kier alpha value is -1.89. The van der Waals surface area contributed by atoms with Crippen LogP contribution in [-0.2, 0) is 27.3 Å². The van der Waals surface area contributed by atoms with Crippen molar-refractivity contribution in [3.8, 4) is 0 Å². The number of carbonyl (C=O) groups excluding carboxylic acids is 2. The fourth-order valence-corrected chi connectivity index (χ4v) is 4.02. The molecule has 0 aromatic carbocycles. The second-order valence-corrected chi connectivity index (χ2v) is 7.50. The highest BCUT2D eigenvalue weighted by atomic mass is 16.5. The van der Waals surface area contributed by atoms with Gasteiger partial charge in [0.2, 0.25) is 11.8 Å². The molecule has 142 valence electrons. The van der Waals surface area contributed by atoms with Crippen molar-refractivity contribution in [1.29, 1.82) is 0 Å². The number of hydrogen-bond acceptors (Lipinski definition) is 5. The lowest BCUT2D eigenvalue weighted by Crippen LogP contribution is -2.44. The maximum absolute atomic E-state index is 12.7. The van der Waals surface area contributed by atoms with Crippen molar-refractivity contribution < 1.29 is 18.7 Å². The van der Waals surface area contributed by atoms with Crippen LogP contribution in [0.5, 0.6) is 0 Å². The SMILES string of the molecule is O=C1CCCCCN1CC(=O)N1CCc2oc(C3CCOCC3)nc2C1. The van der Waals surface area contributed by atoms with E-state index in [1.807, 2.05) is 4.90 Å². The monoisotopic (exact) mass is 361 g/mol. The summed E-state index contributed by atoms with van der Waals surface area (Å²) >= 11 is 0. The van der Waals surface area contributed by atoms with Gasteiger partial charge in [-0.05, 0) is 25.7 Å². The summed E-state index contributed by atoms with van der Waals surface area (Å²) in [6.07, 6.45) is 6.14. The minimum atomic E-state index is 0.0153. The lowest BCUT2D eigenvalue weighted by atomic mass is 10.0. The summed E-state index contributed by atoms with van der Waals surface area (Å²) in [7, 11) is 0. The molecule has 26 heavy (non-hydrogen) atoms. The number of carbonyl (C=O) groups is 2. The Labute approximate surface area is 153 Å². The van der Waals surface area contributed by atoms with Crippen LogP contribution in [0, 0.1) is 0 Å². The molecule has 2 amide bonds. The third-order valence-corrected chi connectivity index (χ3v) is 5.66. The number of rotatable bonds is 3. The molecular formula is C19H27N3O4. The highest BCUT2D eigenvalue weighted by Gasteiger charge is 2.30. The van der Waals surface area contributed by atoms with Crippen LogP contribution in [0.25, 0.3) is 0 Å². The molecule has 0 bridgehead atoms. The first-order valence-electron chi connectivity index (χ1n) is 9.82. The Kier molecular flexibility index (Phi) is 5.24. The second kappa shape index (κ2) is 7.78. The second-order valence-electron chi connectivity index (χ2n) is 7.50. The number of nitrogens with zero attached hydrogens (tertiary/aromatic N) is 3. The van der Waals surface area contributed by atoms with E-state index >= 15 is 0 Å². The summed E-state index contributed by atoms with van der Waals surface area (Å²) in [6.45, 7) is 3.53. The van der Waals surface area contributed by atoms with Crippen LogP contribution in [0.3, 0.4) is 0 Å². The van der Waals surface area contributed by atoms with Crippen LogP contribution in [0.1, 0.15) is 61.8 Å². The third-order valence-electron chi connectivity index (χ3n) is 5.66. The Balaban J connectivity index is 1.38. The van der Waals surface area contributed by atoms with Gasteiger partial charge in [-0.15, -0.1) is 0 Å². The Morgan fingerprint density at radius 3 is 2.81 bits per heavy atom. The molecule has 3 aliphatic heterocycles. The minimum Gasteiger partial charge on any atom is -0.445 e. The average molecular weight is 361 g/mol. The molecule has 7 nitrogen and oxygen atoms in total. The van der Waals surface area contributed by atoms with Gasteiger partial charge in [0.1, 0.15) is 11.5 Å². The van der Waals surface area contributed by atoms with Gasteiger partial charge in [0, 0.05) is 45.1 Å². The smallest absolute Gasteiger partial charge is 0.242 e. The molecule has 7 heteroatoms. The summed E-state index contributed by atoms with van der Waals surface area (Å²) in [5.41, 5.74) is 0.883. The number of ether oxygens (including phenoxy) is 1. The first-order chi connectivity index (χ1) is 12.7. The molecule has 0 spiro atoms. The van der Waals surface area contributed by atoms with E-state index in [1.165, 1.54) is 0 Å². The van der Waals surface area contributed by atoms with E-state index in [0.29, 0.717) is 38.4 Å². The van der Waals surface area contributed by atoms with Gasteiger partial charge in [0.05, 0.1) is 13.1 Å². The van der Waals surface area contributed by atoms with Gasteiger partial charge in [0.25, 0.3) is 0 Å². The topological polar surface area (TPSA) is 75.9 Å². The summed E-state index contributed by atoms with van der Waals surface area (Å²) in [4.78, 5) is 33.1. The zero-order valence-electron chi connectivity index (χ0n) is 15.2.